The minimum atomic E-state index is -0.581. The van der Waals surface area contributed by atoms with Crippen LogP contribution in [0.4, 0.5) is 4.39 Å². The van der Waals surface area contributed by atoms with Crippen LogP contribution in [0.2, 0.25) is 10.0 Å². The molecule has 0 heterocycles. The summed E-state index contributed by atoms with van der Waals surface area (Å²) < 4.78 is 12.9. The van der Waals surface area contributed by atoms with Gasteiger partial charge in [0.05, 0.1) is 16.3 Å². The van der Waals surface area contributed by atoms with Crippen molar-refractivity contribution in [3.63, 3.8) is 0 Å². The minimum absolute atomic E-state index is 0.0897. The molecule has 5 heteroatoms. The van der Waals surface area contributed by atoms with Gasteiger partial charge in [0.25, 0.3) is 0 Å². The third-order valence-corrected chi connectivity index (χ3v) is 1.96. The molecule has 0 amide bonds. The maximum absolute atomic E-state index is 12.9. The van der Waals surface area contributed by atoms with Crippen molar-refractivity contribution in [3.8, 4) is 0 Å². The number of benzene rings is 1. The van der Waals surface area contributed by atoms with Gasteiger partial charge < -0.3 is 5.21 Å². The molecule has 1 N–H and O–H groups in total. The van der Waals surface area contributed by atoms with Crippen LogP contribution in [0.5, 0.6) is 0 Å². The highest BCUT2D eigenvalue weighted by Gasteiger charge is 2.04. The molecule has 0 unspecified atom stereocenters. The molecule has 0 aliphatic rings. The summed E-state index contributed by atoms with van der Waals surface area (Å²) in [5.41, 5.74) is 0.0897. The zero-order valence-electron chi connectivity index (χ0n) is 5.76. The van der Waals surface area contributed by atoms with Crippen LogP contribution >= 0.6 is 23.2 Å². The number of oxime groups is 1. The average Bonchev–Trinajstić information content (AvgIpc) is 2.01. The SMILES string of the molecule is O/N=C/c1cc(Cl)c(Cl)cc1F. The molecule has 1 rings (SSSR count). The number of rotatable bonds is 1. The van der Waals surface area contributed by atoms with E-state index in [0.29, 0.717) is 0 Å². The molecular formula is C7H4Cl2FNO. The summed E-state index contributed by atoms with van der Waals surface area (Å²) in [5.74, 6) is -0.581. The lowest BCUT2D eigenvalue weighted by atomic mass is 10.2. The van der Waals surface area contributed by atoms with E-state index in [-0.39, 0.29) is 15.6 Å². The van der Waals surface area contributed by atoms with E-state index in [1.165, 1.54) is 6.07 Å². The first-order valence-corrected chi connectivity index (χ1v) is 3.72. The lowest BCUT2D eigenvalue weighted by Gasteiger charge is -1.98. The molecule has 12 heavy (non-hydrogen) atoms. The van der Waals surface area contributed by atoms with E-state index < -0.39 is 5.82 Å². The Balaban J connectivity index is 3.23. The van der Waals surface area contributed by atoms with Gasteiger partial charge in [-0.1, -0.05) is 28.4 Å². The molecule has 1 aromatic carbocycles. The van der Waals surface area contributed by atoms with Gasteiger partial charge >= 0.3 is 0 Å². The first-order chi connectivity index (χ1) is 5.65. The van der Waals surface area contributed by atoms with Crippen LogP contribution < -0.4 is 0 Å². The largest absolute Gasteiger partial charge is 0.411 e. The van der Waals surface area contributed by atoms with Crippen LogP contribution in [0.15, 0.2) is 17.3 Å². The van der Waals surface area contributed by atoms with Gasteiger partial charge in [-0.15, -0.1) is 0 Å². The van der Waals surface area contributed by atoms with Crippen LogP contribution in [0.25, 0.3) is 0 Å². The molecule has 0 fully saturated rings. The molecule has 0 saturated carbocycles. The molecule has 0 aromatic heterocycles. The Bertz CT molecular complexity index is 327. The van der Waals surface area contributed by atoms with Crippen LogP contribution in [0.3, 0.4) is 0 Å². The topological polar surface area (TPSA) is 32.6 Å². The summed E-state index contributed by atoms with van der Waals surface area (Å²) >= 11 is 11.1. The van der Waals surface area contributed by atoms with E-state index in [1.807, 2.05) is 0 Å². The van der Waals surface area contributed by atoms with Crippen molar-refractivity contribution in [1.82, 2.24) is 0 Å². The van der Waals surface area contributed by atoms with Crippen molar-refractivity contribution in [2.75, 3.05) is 0 Å². The lowest BCUT2D eigenvalue weighted by molar-refractivity contribution is 0.321. The highest BCUT2D eigenvalue weighted by Crippen LogP contribution is 2.24. The Morgan fingerprint density at radius 1 is 1.33 bits per heavy atom. The monoisotopic (exact) mass is 207 g/mol. The van der Waals surface area contributed by atoms with Gasteiger partial charge in [0.2, 0.25) is 0 Å². The Labute approximate surface area is 78.2 Å². The van der Waals surface area contributed by atoms with E-state index in [4.69, 9.17) is 28.4 Å². The van der Waals surface area contributed by atoms with Gasteiger partial charge in [0.15, 0.2) is 0 Å². The number of hydrogen-bond acceptors (Lipinski definition) is 2. The van der Waals surface area contributed by atoms with Gasteiger partial charge in [0, 0.05) is 5.56 Å². The molecule has 0 aliphatic carbocycles. The molecule has 64 valence electrons. The van der Waals surface area contributed by atoms with E-state index in [2.05, 4.69) is 5.16 Å². The van der Waals surface area contributed by atoms with E-state index in [0.717, 1.165) is 12.3 Å². The van der Waals surface area contributed by atoms with Crippen LogP contribution in [0.1, 0.15) is 5.56 Å². The minimum Gasteiger partial charge on any atom is -0.411 e. The second-order valence-electron chi connectivity index (χ2n) is 2.03. The first kappa shape index (κ1) is 9.29. The Morgan fingerprint density at radius 2 is 1.92 bits per heavy atom. The van der Waals surface area contributed by atoms with E-state index >= 15 is 0 Å². The third-order valence-electron chi connectivity index (χ3n) is 1.24. The fourth-order valence-electron chi connectivity index (χ4n) is 0.699. The van der Waals surface area contributed by atoms with Crippen molar-refractivity contribution in [1.29, 1.82) is 0 Å². The van der Waals surface area contributed by atoms with Crippen molar-refractivity contribution in [3.05, 3.63) is 33.6 Å². The van der Waals surface area contributed by atoms with Gasteiger partial charge in [-0.05, 0) is 12.1 Å². The smallest absolute Gasteiger partial charge is 0.133 e. The van der Waals surface area contributed by atoms with E-state index in [9.17, 15) is 4.39 Å². The second-order valence-corrected chi connectivity index (χ2v) is 2.85. The molecule has 0 bridgehead atoms. The Morgan fingerprint density at radius 3 is 2.50 bits per heavy atom. The van der Waals surface area contributed by atoms with Crippen LogP contribution in [-0.2, 0) is 0 Å². The van der Waals surface area contributed by atoms with Crippen LogP contribution in [-0.4, -0.2) is 11.4 Å². The maximum atomic E-state index is 12.9. The van der Waals surface area contributed by atoms with Crippen LogP contribution in [0, 0.1) is 5.82 Å². The fourth-order valence-corrected chi connectivity index (χ4v) is 1.02. The average molecular weight is 208 g/mol. The normalized spacial score (nSPS) is 10.9. The summed E-state index contributed by atoms with van der Waals surface area (Å²) in [6, 6.07) is 2.33. The molecular weight excluding hydrogens is 204 g/mol. The number of hydrogen-bond donors (Lipinski definition) is 1. The van der Waals surface area contributed by atoms with Crippen molar-refractivity contribution >= 4 is 29.4 Å². The van der Waals surface area contributed by atoms with Gasteiger partial charge in [-0.2, -0.15) is 0 Å². The van der Waals surface area contributed by atoms with Crippen molar-refractivity contribution < 1.29 is 9.60 Å². The van der Waals surface area contributed by atoms with Crippen molar-refractivity contribution in [2.24, 2.45) is 5.16 Å². The Hall–Kier alpha value is -0.800. The number of nitrogens with zero attached hydrogens (tertiary/aromatic N) is 1. The fraction of sp³-hybridized carbons (Fsp3) is 0. The Kier molecular flexibility index (Phi) is 2.89. The zero-order valence-corrected chi connectivity index (χ0v) is 7.27. The van der Waals surface area contributed by atoms with Gasteiger partial charge in [-0.3, -0.25) is 0 Å². The molecule has 0 atom stereocenters. The summed E-state index contributed by atoms with van der Waals surface area (Å²) in [5, 5.41) is 11.1. The van der Waals surface area contributed by atoms with E-state index in [1.54, 1.807) is 0 Å². The molecule has 2 nitrogen and oxygen atoms in total. The second kappa shape index (κ2) is 3.74. The maximum Gasteiger partial charge on any atom is 0.133 e. The zero-order chi connectivity index (χ0) is 9.14. The molecule has 0 spiro atoms. The van der Waals surface area contributed by atoms with Gasteiger partial charge in [-0.25, -0.2) is 4.39 Å². The summed E-state index contributed by atoms with van der Waals surface area (Å²) in [6.07, 6.45) is 0.942. The van der Waals surface area contributed by atoms with Gasteiger partial charge in [0.1, 0.15) is 5.82 Å². The molecule has 0 radical (unpaired) electrons. The summed E-state index contributed by atoms with van der Waals surface area (Å²) in [4.78, 5) is 0. The van der Waals surface area contributed by atoms with Crippen molar-refractivity contribution in [2.45, 2.75) is 0 Å². The number of halogens is 3. The summed E-state index contributed by atoms with van der Waals surface area (Å²) in [7, 11) is 0. The lowest BCUT2D eigenvalue weighted by Crippen LogP contribution is -1.88. The highest BCUT2D eigenvalue weighted by molar-refractivity contribution is 6.42. The molecule has 1 aromatic rings. The third kappa shape index (κ3) is 1.87. The standard InChI is InChI=1S/C7H4Cl2FNO/c8-5-1-4(3-11-12)7(10)2-6(5)9/h1-3,12H/b11-3+. The predicted molar refractivity (Wildman–Crippen MR) is 45.8 cm³/mol. The quantitative estimate of drug-likeness (QED) is 0.327. The predicted octanol–water partition coefficient (Wildman–Crippen LogP) is 2.94. The highest BCUT2D eigenvalue weighted by atomic mass is 35.5. The summed E-state index contributed by atoms with van der Waals surface area (Å²) in [6.45, 7) is 0. The first-order valence-electron chi connectivity index (χ1n) is 2.97. The molecule has 0 aliphatic heterocycles. The molecule has 0 saturated heterocycles.